The van der Waals surface area contributed by atoms with E-state index in [1.165, 1.54) is 0 Å². The van der Waals surface area contributed by atoms with Crippen LogP contribution in [0, 0.1) is 13.8 Å². The molecule has 23 heavy (non-hydrogen) atoms. The molecular formula is C16H13N3O2S2. The van der Waals surface area contributed by atoms with E-state index in [0.717, 1.165) is 20.1 Å². The molecule has 0 bridgehead atoms. The Labute approximate surface area is 139 Å². The van der Waals surface area contributed by atoms with Crippen molar-refractivity contribution in [1.29, 1.82) is 0 Å². The van der Waals surface area contributed by atoms with E-state index in [2.05, 4.69) is 9.97 Å². The maximum atomic E-state index is 12.7. The van der Waals surface area contributed by atoms with Gasteiger partial charge in [0.25, 0.3) is 5.56 Å². The highest BCUT2D eigenvalue weighted by Crippen LogP contribution is 2.26. The van der Waals surface area contributed by atoms with E-state index in [1.807, 2.05) is 31.4 Å². The third kappa shape index (κ3) is 2.42. The number of thiophene rings is 2. The minimum Gasteiger partial charge on any atom is -0.443 e. The minimum absolute atomic E-state index is 0.0301. The molecule has 5 nitrogen and oxygen atoms in total. The fourth-order valence-electron chi connectivity index (χ4n) is 2.45. The van der Waals surface area contributed by atoms with Gasteiger partial charge in [0.2, 0.25) is 5.89 Å². The van der Waals surface area contributed by atoms with Crippen molar-refractivity contribution in [3.05, 3.63) is 56.6 Å². The summed E-state index contributed by atoms with van der Waals surface area (Å²) in [6, 6.07) is 3.91. The molecule has 0 unspecified atom stereocenters. The van der Waals surface area contributed by atoms with Gasteiger partial charge in [-0.25, -0.2) is 9.97 Å². The number of aromatic nitrogens is 3. The molecule has 0 N–H and O–H groups in total. The quantitative estimate of drug-likeness (QED) is 0.567. The monoisotopic (exact) mass is 343 g/mol. The summed E-state index contributed by atoms with van der Waals surface area (Å²) in [5.41, 5.74) is 1.69. The Morgan fingerprint density at radius 2 is 2.22 bits per heavy atom. The van der Waals surface area contributed by atoms with Crippen LogP contribution in [0.3, 0.4) is 0 Å². The Morgan fingerprint density at radius 1 is 1.35 bits per heavy atom. The van der Waals surface area contributed by atoms with Crippen LogP contribution in [0.1, 0.15) is 16.1 Å². The van der Waals surface area contributed by atoms with Crippen molar-refractivity contribution in [3.8, 4) is 10.8 Å². The van der Waals surface area contributed by atoms with Crippen LogP contribution >= 0.6 is 22.7 Å². The van der Waals surface area contributed by atoms with E-state index >= 15 is 0 Å². The first-order chi connectivity index (χ1) is 11.1. The topological polar surface area (TPSA) is 60.9 Å². The molecule has 0 amide bonds. The average molecular weight is 343 g/mol. The summed E-state index contributed by atoms with van der Waals surface area (Å²) in [6.45, 7) is 4.33. The number of hydrogen-bond acceptors (Lipinski definition) is 6. The number of fused-ring (bicyclic) bond motifs is 1. The Morgan fingerprint density at radius 3 is 3.00 bits per heavy atom. The molecule has 0 aliphatic heterocycles. The highest BCUT2D eigenvalue weighted by molar-refractivity contribution is 7.18. The first kappa shape index (κ1) is 14.3. The second-order valence-electron chi connectivity index (χ2n) is 5.26. The van der Waals surface area contributed by atoms with E-state index in [-0.39, 0.29) is 5.56 Å². The number of oxazole rings is 1. The van der Waals surface area contributed by atoms with Gasteiger partial charge in [-0.3, -0.25) is 9.36 Å². The second-order valence-corrected chi connectivity index (χ2v) is 7.41. The molecule has 0 saturated heterocycles. The molecule has 0 saturated carbocycles. The van der Waals surface area contributed by atoms with Crippen molar-refractivity contribution < 1.29 is 4.42 Å². The van der Waals surface area contributed by atoms with Gasteiger partial charge in [0, 0.05) is 4.88 Å². The second kappa shape index (κ2) is 5.43. The van der Waals surface area contributed by atoms with E-state index in [9.17, 15) is 4.79 Å². The lowest BCUT2D eigenvalue weighted by molar-refractivity contribution is 0.572. The van der Waals surface area contributed by atoms with Crippen LogP contribution in [-0.4, -0.2) is 14.5 Å². The van der Waals surface area contributed by atoms with Gasteiger partial charge in [-0.15, -0.1) is 22.7 Å². The standard InChI is InChI=1S/C16H13N3O2S2/c1-9-10(2)23-15-13(9)16(20)19(8-17-15)6-11-7-21-14(18-11)12-4-3-5-22-12/h3-5,7-8H,6H2,1-2H3. The van der Waals surface area contributed by atoms with Gasteiger partial charge in [0.05, 0.1) is 28.8 Å². The average Bonchev–Trinajstić information content (AvgIpc) is 3.24. The number of rotatable bonds is 3. The molecule has 0 aliphatic rings. The normalized spacial score (nSPS) is 11.4. The fraction of sp³-hybridized carbons (Fsp3) is 0.188. The van der Waals surface area contributed by atoms with Crippen molar-refractivity contribution in [1.82, 2.24) is 14.5 Å². The van der Waals surface area contributed by atoms with Crippen LogP contribution in [0.25, 0.3) is 21.0 Å². The third-order valence-electron chi connectivity index (χ3n) is 3.77. The Kier molecular flexibility index (Phi) is 3.39. The van der Waals surface area contributed by atoms with Crippen LogP contribution in [0.5, 0.6) is 0 Å². The zero-order valence-corrected chi connectivity index (χ0v) is 14.2. The molecule has 0 fully saturated rings. The third-order valence-corrected chi connectivity index (χ3v) is 5.74. The van der Waals surface area contributed by atoms with Crippen molar-refractivity contribution in [2.45, 2.75) is 20.4 Å². The highest BCUT2D eigenvalue weighted by Gasteiger charge is 2.14. The summed E-state index contributed by atoms with van der Waals surface area (Å²) in [5.74, 6) is 0.583. The number of aryl methyl sites for hydroxylation is 2. The van der Waals surface area contributed by atoms with Crippen LogP contribution in [0.15, 0.2) is 39.3 Å². The summed E-state index contributed by atoms with van der Waals surface area (Å²) in [6.07, 6.45) is 3.18. The molecule has 4 heterocycles. The SMILES string of the molecule is Cc1sc2ncn(Cc3coc(-c4cccs4)n3)c(=O)c2c1C. The van der Waals surface area contributed by atoms with Crippen molar-refractivity contribution in [3.63, 3.8) is 0 Å². The van der Waals surface area contributed by atoms with Gasteiger partial charge in [-0.2, -0.15) is 0 Å². The van der Waals surface area contributed by atoms with Gasteiger partial charge < -0.3 is 4.42 Å². The van der Waals surface area contributed by atoms with E-state index in [4.69, 9.17) is 4.42 Å². The van der Waals surface area contributed by atoms with Crippen LogP contribution in [0.4, 0.5) is 0 Å². The van der Waals surface area contributed by atoms with Crippen molar-refractivity contribution in [2.75, 3.05) is 0 Å². The van der Waals surface area contributed by atoms with Crippen LogP contribution in [-0.2, 0) is 6.54 Å². The lowest BCUT2D eigenvalue weighted by Gasteiger charge is -2.02. The summed E-state index contributed by atoms with van der Waals surface area (Å²) >= 11 is 3.12. The Hall–Kier alpha value is -2.25. The molecule has 4 rings (SSSR count). The molecule has 116 valence electrons. The predicted molar refractivity (Wildman–Crippen MR) is 92.3 cm³/mol. The van der Waals surface area contributed by atoms with Crippen LogP contribution in [0.2, 0.25) is 0 Å². The maximum Gasteiger partial charge on any atom is 0.262 e. The van der Waals surface area contributed by atoms with Crippen molar-refractivity contribution >= 4 is 32.9 Å². The van der Waals surface area contributed by atoms with Gasteiger partial charge in [-0.1, -0.05) is 6.07 Å². The number of nitrogens with zero attached hydrogens (tertiary/aromatic N) is 3. The van der Waals surface area contributed by atoms with E-state index in [0.29, 0.717) is 23.5 Å². The Balaban J connectivity index is 1.72. The summed E-state index contributed by atoms with van der Waals surface area (Å²) in [5, 5.41) is 2.68. The Bertz CT molecular complexity index is 1040. The first-order valence-electron chi connectivity index (χ1n) is 7.07. The fourth-order valence-corrected chi connectivity index (χ4v) is 4.09. The molecule has 0 aliphatic carbocycles. The molecular weight excluding hydrogens is 330 g/mol. The molecule has 0 atom stereocenters. The van der Waals surface area contributed by atoms with Gasteiger partial charge in [0.15, 0.2) is 0 Å². The van der Waals surface area contributed by atoms with Crippen LogP contribution < -0.4 is 5.56 Å². The smallest absolute Gasteiger partial charge is 0.262 e. The molecule has 7 heteroatoms. The first-order valence-corrected chi connectivity index (χ1v) is 8.76. The van der Waals surface area contributed by atoms with Gasteiger partial charge in [0.1, 0.15) is 11.1 Å². The zero-order chi connectivity index (χ0) is 16.0. The highest BCUT2D eigenvalue weighted by atomic mass is 32.1. The lowest BCUT2D eigenvalue weighted by Crippen LogP contribution is -2.21. The summed E-state index contributed by atoms with van der Waals surface area (Å²) in [7, 11) is 0. The lowest BCUT2D eigenvalue weighted by atomic mass is 10.2. The molecule has 0 aromatic carbocycles. The number of hydrogen-bond donors (Lipinski definition) is 0. The molecule has 4 aromatic heterocycles. The van der Waals surface area contributed by atoms with E-state index in [1.54, 1.807) is 39.8 Å². The van der Waals surface area contributed by atoms with Crippen molar-refractivity contribution in [2.24, 2.45) is 0 Å². The van der Waals surface area contributed by atoms with E-state index < -0.39 is 0 Å². The minimum atomic E-state index is -0.0301. The zero-order valence-electron chi connectivity index (χ0n) is 12.6. The van der Waals surface area contributed by atoms with Gasteiger partial charge in [-0.05, 0) is 30.9 Å². The molecule has 0 spiro atoms. The largest absolute Gasteiger partial charge is 0.443 e. The molecule has 4 aromatic rings. The van der Waals surface area contributed by atoms with Gasteiger partial charge >= 0.3 is 0 Å². The summed E-state index contributed by atoms with van der Waals surface area (Å²) < 4.78 is 7.08. The predicted octanol–water partition coefficient (Wildman–Crippen LogP) is 3.84. The summed E-state index contributed by atoms with van der Waals surface area (Å²) in [4.78, 5) is 24.4. The molecule has 0 radical (unpaired) electrons. The maximum absolute atomic E-state index is 12.7.